The van der Waals surface area contributed by atoms with Crippen molar-refractivity contribution in [2.45, 2.75) is 39.2 Å². The van der Waals surface area contributed by atoms with Gasteiger partial charge in [0.15, 0.2) is 17.6 Å². The quantitative estimate of drug-likeness (QED) is 0.796. The monoisotopic (exact) mass is 365 g/mol. The second kappa shape index (κ2) is 8.40. The van der Waals surface area contributed by atoms with Crippen molar-refractivity contribution in [2.75, 3.05) is 32.9 Å². The van der Waals surface area contributed by atoms with Gasteiger partial charge in [-0.2, -0.15) is 0 Å². The molecule has 1 fully saturated rings. The van der Waals surface area contributed by atoms with Crippen LogP contribution in [-0.4, -0.2) is 60.9 Å². The lowest BCUT2D eigenvalue weighted by Gasteiger charge is -2.36. The van der Waals surface area contributed by atoms with Crippen molar-refractivity contribution in [1.82, 2.24) is 4.90 Å². The molecule has 1 amide bonds. The number of carboxylic acids is 1. The number of nitrogens with zero attached hydrogens (tertiary/aromatic N) is 1. The van der Waals surface area contributed by atoms with Crippen LogP contribution in [0.25, 0.3) is 0 Å². The number of rotatable bonds is 7. The molecule has 0 bridgehead atoms. The van der Waals surface area contributed by atoms with Gasteiger partial charge in [-0.3, -0.25) is 4.79 Å². The van der Waals surface area contributed by atoms with Gasteiger partial charge >= 0.3 is 5.97 Å². The second-order valence-corrected chi connectivity index (χ2v) is 6.60. The zero-order valence-corrected chi connectivity index (χ0v) is 15.8. The largest absolute Gasteiger partial charge is 0.490 e. The van der Waals surface area contributed by atoms with E-state index in [4.69, 9.17) is 19.3 Å². The maximum absolute atomic E-state index is 13.1. The fourth-order valence-corrected chi connectivity index (χ4v) is 2.94. The van der Waals surface area contributed by atoms with Gasteiger partial charge in [0.2, 0.25) is 5.91 Å². The Morgan fingerprint density at radius 3 is 2.50 bits per heavy atom. The highest BCUT2D eigenvalue weighted by Crippen LogP contribution is 2.35. The van der Waals surface area contributed by atoms with Gasteiger partial charge < -0.3 is 24.2 Å². The van der Waals surface area contributed by atoms with Crippen molar-refractivity contribution >= 4 is 11.9 Å². The fourth-order valence-electron chi connectivity index (χ4n) is 2.94. The standard InChI is InChI=1S/C19H27NO6/c1-5-24-14-8-7-13(11-15(14)25-6-2)19(3,4)18(23)20-9-10-26-16(12-20)17(21)22/h7-8,11,16H,5-6,9-10,12H2,1-4H3,(H,21,22). The molecule has 7 heteroatoms. The molecule has 144 valence electrons. The molecule has 1 unspecified atom stereocenters. The maximum atomic E-state index is 13.1. The Kier molecular flexibility index (Phi) is 6.47. The highest BCUT2D eigenvalue weighted by Gasteiger charge is 2.38. The molecule has 26 heavy (non-hydrogen) atoms. The first-order valence-corrected chi connectivity index (χ1v) is 8.85. The zero-order valence-electron chi connectivity index (χ0n) is 15.8. The Labute approximate surface area is 153 Å². The van der Waals surface area contributed by atoms with Crippen LogP contribution in [0.3, 0.4) is 0 Å². The summed E-state index contributed by atoms with van der Waals surface area (Å²) in [7, 11) is 0. The molecule has 0 spiro atoms. The maximum Gasteiger partial charge on any atom is 0.334 e. The van der Waals surface area contributed by atoms with Crippen LogP contribution in [0.2, 0.25) is 0 Å². The molecular formula is C19H27NO6. The van der Waals surface area contributed by atoms with E-state index in [0.29, 0.717) is 31.3 Å². The van der Waals surface area contributed by atoms with E-state index in [-0.39, 0.29) is 19.1 Å². The normalized spacial score (nSPS) is 17.7. The van der Waals surface area contributed by atoms with E-state index in [2.05, 4.69) is 0 Å². The van der Waals surface area contributed by atoms with E-state index >= 15 is 0 Å². The molecule has 1 heterocycles. The van der Waals surface area contributed by atoms with Crippen molar-refractivity contribution < 1.29 is 28.9 Å². The first-order chi connectivity index (χ1) is 12.3. The lowest BCUT2D eigenvalue weighted by atomic mass is 9.82. The average Bonchev–Trinajstić information content (AvgIpc) is 2.62. The van der Waals surface area contributed by atoms with Gasteiger partial charge in [-0.15, -0.1) is 0 Å². The van der Waals surface area contributed by atoms with Crippen molar-refractivity contribution in [2.24, 2.45) is 0 Å². The number of carboxylic acid groups (broad SMARTS) is 1. The molecule has 0 saturated carbocycles. The third-order valence-corrected chi connectivity index (χ3v) is 4.43. The van der Waals surface area contributed by atoms with Crippen LogP contribution in [0.1, 0.15) is 33.3 Å². The molecule has 0 aliphatic carbocycles. The summed E-state index contributed by atoms with van der Waals surface area (Å²) in [5.41, 5.74) is -0.0513. The topological polar surface area (TPSA) is 85.3 Å². The van der Waals surface area contributed by atoms with Crippen LogP contribution < -0.4 is 9.47 Å². The van der Waals surface area contributed by atoms with Gasteiger partial charge in [-0.05, 0) is 45.4 Å². The van der Waals surface area contributed by atoms with Gasteiger partial charge in [-0.1, -0.05) is 6.07 Å². The minimum absolute atomic E-state index is 0.0486. The lowest BCUT2D eigenvalue weighted by molar-refractivity contribution is -0.160. The lowest BCUT2D eigenvalue weighted by Crippen LogP contribution is -2.53. The number of benzene rings is 1. The van der Waals surface area contributed by atoms with Crippen LogP contribution in [0.5, 0.6) is 11.5 Å². The third-order valence-electron chi connectivity index (χ3n) is 4.43. The molecule has 1 N–H and O–H groups in total. The van der Waals surface area contributed by atoms with Crippen LogP contribution in [0, 0.1) is 0 Å². The summed E-state index contributed by atoms with van der Waals surface area (Å²) in [6.07, 6.45) is -0.984. The number of ether oxygens (including phenoxy) is 3. The Balaban J connectivity index is 2.26. The minimum atomic E-state index is -1.06. The molecule has 7 nitrogen and oxygen atoms in total. The number of hydrogen-bond acceptors (Lipinski definition) is 5. The number of aliphatic carboxylic acids is 1. The average molecular weight is 365 g/mol. The fraction of sp³-hybridized carbons (Fsp3) is 0.579. The molecular weight excluding hydrogens is 338 g/mol. The number of hydrogen-bond donors (Lipinski definition) is 1. The van der Waals surface area contributed by atoms with Gasteiger partial charge in [0.1, 0.15) is 0 Å². The number of carbonyl (C=O) groups is 2. The third kappa shape index (κ3) is 4.27. The van der Waals surface area contributed by atoms with Crippen LogP contribution in [-0.2, 0) is 19.7 Å². The van der Waals surface area contributed by atoms with Crippen molar-refractivity contribution in [3.05, 3.63) is 23.8 Å². The molecule has 1 aromatic rings. The highest BCUT2D eigenvalue weighted by molar-refractivity contribution is 5.88. The van der Waals surface area contributed by atoms with E-state index in [1.807, 2.05) is 39.8 Å². The molecule has 0 aromatic heterocycles. The van der Waals surface area contributed by atoms with E-state index in [1.165, 1.54) is 0 Å². The number of morpholine rings is 1. The van der Waals surface area contributed by atoms with E-state index in [0.717, 1.165) is 5.56 Å². The summed E-state index contributed by atoms with van der Waals surface area (Å²) in [5, 5.41) is 9.14. The van der Waals surface area contributed by atoms with Crippen LogP contribution in [0.15, 0.2) is 18.2 Å². The van der Waals surface area contributed by atoms with Gasteiger partial charge in [0.05, 0.1) is 31.8 Å². The smallest absolute Gasteiger partial charge is 0.334 e. The Bertz CT molecular complexity index is 657. The van der Waals surface area contributed by atoms with Crippen LogP contribution in [0.4, 0.5) is 0 Å². The molecule has 2 rings (SSSR count). The molecule has 1 aliphatic rings. The molecule has 1 atom stereocenters. The molecule has 1 aromatic carbocycles. The van der Waals surface area contributed by atoms with Crippen molar-refractivity contribution in [3.63, 3.8) is 0 Å². The van der Waals surface area contributed by atoms with Crippen molar-refractivity contribution in [1.29, 1.82) is 0 Å². The summed E-state index contributed by atoms with van der Waals surface area (Å²) >= 11 is 0. The Morgan fingerprint density at radius 2 is 1.88 bits per heavy atom. The second-order valence-electron chi connectivity index (χ2n) is 6.60. The summed E-state index contributed by atoms with van der Waals surface area (Å²) in [4.78, 5) is 25.8. The first kappa shape index (κ1) is 20.0. The number of carbonyl (C=O) groups excluding carboxylic acids is 1. The first-order valence-electron chi connectivity index (χ1n) is 8.85. The molecule has 1 saturated heterocycles. The van der Waals surface area contributed by atoms with E-state index in [9.17, 15) is 9.59 Å². The van der Waals surface area contributed by atoms with Gasteiger partial charge in [-0.25, -0.2) is 4.79 Å². The van der Waals surface area contributed by atoms with Gasteiger partial charge in [0.25, 0.3) is 0 Å². The molecule has 1 aliphatic heterocycles. The Hall–Kier alpha value is -2.28. The van der Waals surface area contributed by atoms with Crippen LogP contribution >= 0.6 is 0 Å². The predicted molar refractivity (Wildman–Crippen MR) is 95.8 cm³/mol. The summed E-state index contributed by atoms with van der Waals surface area (Å²) in [6, 6.07) is 5.47. The zero-order chi connectivity index (χ0) is 19.3. The molecule has 0 radical (unpaired) electrons. The SMILES string of the molecule is CCOc1ccc(C(C)(C)C(=O)N2CCOC(C(=O)O)C2)cc1OCC. The van der Waals surface area contributed by atoms with E-state index < -0.39 is 17.5 Å². The highest BCUT2D eigenvalue weighted by atomic mass is 16.5. The summed E-state index contributed by atoms with van der Waals surface area (Å²) in [5.74, 6) is 0.0374. The van der Waals surface area contributed by atoms with Gasteiger partial charge in [0, 0.05) is 6.54 Å². The van der Waals surface area contributed by atoms with Crippen molar-refractivity contribution in [3.8, 4) is 11.5 Å². The number of amides is 1. The van der Waals surface area contributed by atoms with E-state index in [1.54, 1.807) is 11.0 Å². The minimum Gasteiger partial charge on any atom is -0.490 e. The Morgan fingerprint density at radius 1 is 1.23 bits per heavy atom. The summed E-state index contributed by atoms with van der Waals surface area (Å²) in [6.45, 7) is 9.08. The predicted octanol–water partition coefficient (Wildman–Crippen LogP) is 2.07. The summed E-state index contributed by atoms with van der Waals surface area (Å²) < 4.78 is 16.4.